The van der Waals surface area contributed by atoms with E-state index in [9.17, 15) is 8.42 Å². The van der Waals surface area contributed by atoms with Gasteiger partial charge in [0.25, 0.3) is 0 Å². The molecule has 0 bridgehead atoms. The number of rotatable bonds is 5. The fourth-order valence-corrected chi connectivity index (χ4v) is 2.67. The van der Waals surface area contributed by atoms with Gasteiger partial charge in [-0.15, -0.1) is 0 Å². The van der Waals surface area contributed by atoms with Crippen molar-refractivity contribution in [1.29, 1.82) is 0 Å². The van der Waals surface area contributed by atoms with E-state index in [-0.39, 0.29) is 11.0 Å². The van der Waals surface area contributed by atoms with E-state index in [1.807, 2.05) is 0 Å². The topological polar surface area (TPSA) is 90.7 Å². The molecule has 0 spiro atoms. The molecule has 0 radical (unpaired) electrons. The Kier molecular flexibility index (Phi) is 4.28. The quantitative estimate of drug-likeness (QED) is 0.779. The Morgan fingerprint density at radius 3 is 2.89 bits per heavy atom. The van der Waals surface area contributed by atoms with Gasteiger partial charge in [0.1, 0.15) is 12.4 Å². The highest BCUT2D eigenvalue weighted by Crippen LogP contribution is 2.25. The molecule has 1 fully saturated rings. The summed E-state index contributed by atoms with van der Waals surface area (Å²) in [7, 11) is -2.12. The van der Waals surface area contributed by atoms with Crippen LogP contribution in [0.25, 0.3) is 0 Å². The van der Waals surface area contributed by atoms with E-state index in [2.05, 4.69) is 4.72 Å². The molecule has 1 aliphatic heterocycles. The van der Waals surface area contributed by atoms with Crippen molar-refractivity contribution in [3.05, 3.63) is 18.2 Å². The standard InChI is InChI=1S/C12H18N2O4S/c1-14-19(15,16)10-4-5-12(11(13)7-10)18-8-9-3-2-6-17-9/h4-5,7,9,14H,2-3,6,8,13H2,1H3. The van der Waals surface area contributed by atoms with Gasteiger partial charge in [-0.2, -0.15) is 0 Å². The molecule has 1 saturated heterocycles. The van der Waals surface area contributed by atoms with Crippen molar-refractivity contribution in [1.82, 2.24) is 4.72 Å². The third-order valence-corrected chi connectivity index (χ3v) is 4.42. The molecule has 6 nitrogen and oxygen atoms in total. The van der Waals surface area contributed by atoms with Gasteiger partial charge in [-0.3, -0.25) is 0 Å². The molecule has 0 aromatic heterocycles. The third kappa shape index (κ3) is 3.37. The molecule has 2 rings (SSSR count). The van der Waals surface area contributed by atoms with Gasteiger partial charge in [-0.25, -0.2) is 13.1 Å². The van der Waals surface area contributed by atoms with Crippen molar-refractivity contribution in [2.45, 2.75) is 23.8 Å². The Labute approximate surface area is 112 Å². The van der Waals surface area contributed by atoms with Crippen molar-refractivity contribution in [3.63, 3.8) is 0 Å². The summed E-state index contributed by atoms with van der Waals surface area (Å²) in [5, 5.41) is 0. The highest BCUT2D eigenvalue weighted by atomic mass is 32.2. The second kappa shape index (κ2) is 5.77. The molecule has 3 N–H and O–H groups in total. The van der Waals surface area contributed by atoms with Gasteiger partial charge < -0.3 is 15.2 Å². The Morgan fingerprint density at radius 1 is 1.53 bits per heavy atom. The van der Waals surface area contributed by atoms with Crippen LogP contribution in [0.1, 0.15) is 12.8 Å². The van der Waals surface area contributed by atoms with E-state index in [0.29, 0.717) is 18.0 Å². The number of anilines is 1. The Bertz CT molecular complexity index is 539. The van der Waals surface area contributed by atoms with Gasteiger partial charge in [0.15, 0.2) is 0 Å². The van der Waals surface area contributed by atoms with E-state index in [1.54, 1.807) is 6.07 Å². The SMILES string of the molecule is CNS(=O)(=O)c1ccc(OCC2CCCO2)c(N)c1. The van der Waals surface area contributed by atoms with E-state index in [1.165, 1.54) is 19.2 Å². The second-order valence-electron chi connectivity index (χ2n) is 4.35. The summed E-state index contributed by atoms with van der Waals surface area (Å²) in [4.78, 5) is 0.122. The van der Waals surface area contributed by atoms with Crippen molar-refractivity contribution in [2.24, 2.45) is 0 Å². The second-order valence-corrected chi connectivity index (χ2v) is 6.24. The summed E-state index contributed by atoms with van der Waals surface area (Å²) >= 11 is 0. The minimum absolute atomic E-state index is 0.0973. The highest BCUT2D eigenvalue weighted by molar-refractivity contribution is 7.89. The lowest BCUT2D eigenvalue weighted by Crippen LogP contribution is -2.19. The van der Waals surface area contributed by atoms with Crippen molar-refractivity contribution in [3.8, 4) is 5.75 Å². The van der Waals surface area contributed by atoms with E-state index in [0.717, 1.165) is 19.4 Å². The van der Waals surface area contributed by atoms with Gasteiger partial charge in [-0.1, -0.05) is 0 Å². The number of hydrogen-bond donors (Lipinski definition) is 2. The van der Waals surface area contributed by atoms with Crippen LogP contribution >= 0.6 is 0 Å². The molecule has 0 amide bonds. The highest BCUT2D eigenvalue weighted by Gasteiger charge is 2.17. The fourth-order valence-electron chi connectivity index (χ4n) is 1.90. The van der Waals surface area contributed by atoms with Crippen LogP contribution in [-0.2, 0) is 14.8 Å². The molecule has 1 heterocycles. The smallest absolute Gasteiger partial charge is 0.240 e. The van der Waals surface area contributed by atoms with Gasteiger partial charge in [0.05, 0.1) is 16.7 Å². The maximum Gasteiger partial charge on any atom is 0.240 e. The summed E-state index contributed by atoms with van der Waals surface area (Å²) in [6.07, 6.45) is 2.12. The number of benzene rings is 1. The van der Waals surface area contributed by atoms with Crippen LogP contribution in [0.5, 0.6) is 5.75 Å². The van der Waals surface area contributed by atoms with Crippen LogP contribution < -0.4 is 15.2 Å². The minimum atomic E-state index is -3.48. The van der Waals surface area contributed by atoms with Crippen molar-refractivity contribution in [2.75, 3.05) is 26.0 Å². The summed E-state index contributed by atoms with van der Waals surface area (Å²) in [6.45, 7) is 1.20. The lowest BCUT2D eigenvalue weighted by Gasteiger charge is -2.13. The predicted molar refractivity (Wildman–Crippen MR) is 71.6 cm³/mol. The molecule has 19 heavy (non-hydrogen) atoms. The molecule has 106 valence electrons. The summed E-state index contributed by atoms with van der Waals surface area (Å²) in [5.41, 5.74) is 6.10. The Morgan fingerprint density at radius 2 is 2.32 bits per heavy atom. The molecule has 1 aliphatic rings. The van der Waals surface area contributed by atoms with Crippen LogP contribution in [0.15, 0.2) is 23.1 Å². The molecular weight excluding hydrogens is 268 g/mol. The first-order chi connectivity index (χ1) is 9.03. The summed E-state index contributed by atoms with van der Waals surface area (Å²) < 4.78 is 36.4. The van der Waals surface area contributed by atoms with Gasteiger partial charge in [-0.05, 0) is 38.1 Å². The van der Waals surface area contributed by atoms with Crippen LogP contribution in [0.3, 0.4) is 0 Å². The van der Waals surface area contributed by atoms with Crippen LogP contribution in [0.4, 0.5) is 5.69 Å². The van der Waals surface area contributed by atoms with Gasteiger partial charge in [0, 0.05) is 6.61 Å². The lowest BCUT2D eigenvalue weighted by atomic mass is 10.2. The molecule has 0 aliphatic carbocycles. The zero-order chi connectivity index (χ0) is 13.9. The number of ether oxygens (including phenoxy) is 2. The maximum absolute atomic E-state index is 11.6. The first kappa shape index (κ1) is 14.1. The number of nitrogen functional groups attached to an aromatic ring is 1. The normalized spacial score (nSPS) is 19.5. The predicted octanol–water partition coefficient (Wildman–Crippen LogP) is 0.735. The Balaban J connectivity index is 2.06. The summed E-state index contributed by atoms with van der Waals surface area (Å²) in [6, 6.07) is 4.41. The number of nitrogens with one attached hydrogen (secondary N) is 1. The lowest BCUT2D eigenvalue weighted by molar-refractivity contribution is 0.0682. The molecule has 7 heteroatoms. The van der Waals surface area contributed by atoms with Crippen LogP contribution in [0, 0.1) is 0 Å². The van der Waals surface area contributed by atoms with E-state index >= 15 is 0 Å². The first-order valence-corrected chi connectivity index (χ1v) is 7.59. The third-order valence-electron chi connectivity index (χ3n) is 3.01. The number of nitrogens with two attached hydrogens (primary N) is 1. The summed E-state index contributed by atoms with van der Waals surface area (Å²) in [5.74, 6) is 0.477. The van der Waals surface area contributed by atoms with Gasteiger partial charge >= 0.3 is 0 Å². The molecule has 1 atom stereocenters. The first-order valence-electron chi connectivity index (χ1n) is 6.10. The largest absolute Gasteiger partial charge is 0.489 e. The van der Waals surface area contributed by atoms with Crippen molar-refractivity contribution >= 4 is 15.7 Å². The zero-order valence-electron chi connectivity index (χ0n) is 10.8. The van der Waals surface area contributed by atoms with E-state index in [4.69, 9.17) is 15.2 Å². The molecule has 1 aromatic carbocycles. The monoisotopic (exact) mass is 286 g/mol. The van der Waals surface area contributed by atoms with Crippen molar-refractivity contribution < 1.29 is 17.9 Å². The maximum atomic E-state index is 11.6. The average molecular weight is 286 g/mol. The molecular formula is C12H18N2O4S. The van der Waals surface area contributed by atoms with Crippen LogP contribution in [0.2, 0.25) is 0 Å². The number of sulfonamides is 1. The zero-order valence-corrected chi connectivity index (χ0v) is 11.6. The molecule has 1 unspecified atom stereocenters. The Hall–Kier alpha value is -1.31. The average Bonchev–Trinajstić information content (AvgIpc) is 2.90. The van der Waals surface area contributed by atoms with E-state index < -0.39 is 10.0 Å². The minimum Gasteiger partial charge on any atom is -0.489 e. The molecule has 0 saturated carbocycles. The fraction of sp³-hybridized carbons (Fsp3) is 0.500. The number of hydrogen-bond acceptors (Lipinski definition) is 5. The van der Waals surface area contributed by atoms with Crippen LogP contribution in [-0.4, -0.2) is 34.8 Å². The molecule has 1 aromatic rings. The van der Waals surface area contributed by atoms with Gasteiger partial charge in [0.2, 0.25) is 10.0 Å².